The highest BCUT2D eigenvalue weighted by atomic mass is 35.5. The molecule has 27 heavy (non-hydrogen) atoms. The maximum Gasteiger partial charge on any atom is 0.435 e. The minimum atomic E-state index is -6.25. The van der Waals surface area contributed by atoms with Crippen molar-refractivity contribution in [1.29, 1.82) is 0 Å². The van der Waals surface area contributed by atoms with E-state index in [1.807, 2.05) is 0 Å². The van der Waals surface area contributed by atoms with Crippen LogP contribution in [0.1, 0.15) is 5.56 Å². The smallest absolute Gasteiger partial charge is 0.354 e. The highest BCUT2D eigenvalue weighted by molar-refractivity contribution is 6.39. The van der Waals surface area contributed by atoms with Crippen molar-refractivity contribution in [2.75, 3.05) is 0 Å². The predicted molar refractivity (Wildman–Crippen MR) is 88.7 cm³/mol. The van der Waals surface area contributed by atoms with Gasteiger partial charge in [-0.15, -0.1) is 0 Å². The van der Waals surface area contributed by atoms with Gasteiger partial charge in [0, 0.05) is 27.7 Å². The molecule has 10 heteroatoms. The summed E-state index contributed by atoms with van der Waals surface area (Å²) in [5.41, 5.74) is -6.47. The summed E-state index contributed by atoms with van der Waals surface area (Å²) in [7, 11) is 0. The van der Waals surface area contributed by atoms with E-state index in [-0.39, 0.29) is 23.4 Å². The average molecular weight is 430 g/mol. The first kappa shape index (κ1) is 19.8. The quantitative estimate of drug-likeness (QED) is 0.407. The monoisotopic (exact) mass is 429 g/mol. The Balaban J connectivity index is 2.20. The maximum atomic E-state index is 14.2. The Labute approximate surface area is 157 Å². The molecule has 3 aromatic rings. The Hall–Kier alpha value is -1.93. The van der Waals surface area contributed by atoms with Gasteiger partial charge in [0.05, 0.1) is 10.0 Å². The zero-order valence-corrected chi connectivity index (χ0v) is 14.5. The van der Waals surface area contributed by atoms with Crippen LogP contribution in [0.15, 0.2) is 42.5 Å². The molecule has 0 atom stereocenters. The summed E-state index contributed by atoms with van der Waals surface area (Å²) in [6.45, 7) is 0. The summed E-state index contributed by atoms with van der Waals surface area (Å²) in [6, 6.07) is 9.03. The molecule has 0 aliphatic rings. The van der Waals surface area contributed by atoms with Crippen LogP contribution in [-0.4, -0.2) is 17.3 Å². The molecule has 0 unspecified atom stereocenters. The van der Waals surface area contributed by atoms with Crippen LogP contribution in [0.3, 0.4) is 0 Å². The zero-order valence-electron chi connectivity index (χ0n) is 12.9. The minimum absolute atomic E-state index is 0.0371. The molecular formula is C17H8Cl2F7N. The summed E-state index contributed by atoms with van der Waals surface area (Å²) < 4.78 is 91.8. The first-order chi connectivity index (χ1) is 12.4. The van der Waals surface area contributed by atoms with E-state index in [2.05, 4.69) is 4.98 Å². The lowest BCUT2D eigenvalue weighted by Crippen LogP contribution is -2.50. The molecule has 0 saturated carbocycles. The van der Waals surface area contributed by atoms with Crippen molar-refractivity contribution in [1.82, 2.24) is 4.98 Å². The van der Waals surface area contributed by atoms with Crippen molar-refractivity contribution in [3.8, 4) is 11.3 Å². The summed E-state index contributed by atoms with van der Waals surface area (Å²) in [5, 5.41) is -0.395. The van der Waals surface area contributed by atoms with E-state index >= 15 is 0 Å². The number of alkyl halides is 7. The molecular weight excluding hydrogens is 422 g/mol. The molecule has 1 aromatic heterocycles. The number of hydrogen-bond acceptors (Lipinski definition) is 0. The minimum Gasteiger partial charge on any atom is -0.354 e. The highest BCUT2D eigenvalue weighted by Crippen LogP contribution is 2.54. The lowest BCUT2D eigenvalue weighted by atomic mass is 9.93. The third-order valence-corrected chi connectivity index (χ3v) is 4.62. The maximum absolute atomic E-state index is 14.2. The van der Waals surface area contributed by atoms with Crippen molar-refractivity contribution in [3.05, 3.63) is 58.1 Å². The molecule has 2 aromatic carbocycles. The summed E-state index contributed by atoms with van der Waals surface area (Å²) in [5.74, 6) is 0. The fraction of sp³-hybridized carbons (Fsp3) is 0.176. The molecule has 1 N–H and O–H groups in total. The van der Waals surface area contributed by atoms with Gasteiger partial charge in [-0.05, 0) is 24.3 Å². The van der Waals surface area contributed by atoms with Crippen LogP contribution in [0.5, 0.6) is 0 Å². The van der Waals surface area contributed by atoms with Gasteiger partial charge in [0.1, 0.15) is 0 Å². The number of rotatable bonds is 2. The van der Waals surface area contributed by atoms with Gasteiger partial charge >= 0.3 is 18.0 Å². The van der Waals surface area contributed by atoms with Crippen LogP contribution in [0.2, 0.25) is 10.0 Å². The third kappa shape index (κ3) is 3.14. The predicted octanol–water partition coefficient (Wildman–Crippen LogP) is 7.43. The van der Waals surface area contributed by atoms with Gasteiger partial charge < -0.3 is 4.98 Å². The lowest BCUT2D eigenvalue weighted by molar-refractivity contribution is -0.348. The molecule has 3 rings (SSSR count). The van der Waals surface area contributed by atoms with Gasteiger partial charge in [0.15, 0.2) is 0 Å². The first-order valence-corrected chi connectivity index (χ1v) is 8.02. The lowest BCUT2D eigenvalue weighted by Gasteiger charge is -2.30. The van der Waals surface area contributed by atoms with Crippen molar-refractivity contribution < 1.29 is 30.7 Å². The molecule has 0 aliphatic carbocycles. The number of para-hydroxylation sites is 1. The molecule has 0 saturated heterocycles. The molecule has 0 spiro atoms. The van der Waals surface area contributed by atoms with Crippen LogP contribution < -0.4 is 0 Å². The fourth-order valence-corrected chi connectivity index (χ4v) is 3.42. The van der Waals surface area contributed by atoms with Crippen molar-refractivity contribution in [2.24, 2.45) is 0 Å². The molecule has 0 amide bonds. The Kier molecular flexibility index (Phi) is 4.63. The average Bonchev–Trinajstić information content (AvgIpc) is 2.94. The SMILES string of the molecule is FC(F)(F)C(F)(c1cc(Cl)c(-c2cc3ccccc3[nH]2)c(Cl)c1)C(F)(F)F. The number of nitrogens with one attached hydrogen (secondary N) is 1. The van der Waals surface area contributed by atoms with E-state index < -0.39 is 33.6 Å². The number of aromatic nitrogens is 1. The van der Waals surface area contributed by atoms with Crippen LogP contribution in [0, 0.1) is 0 Å². The Morgan fingerprint density at radius 1 is 0.741 bits per heavy atom. The van der Waals surface area contributed by atoms with E-state index in [1.165, 1.54) is 0 Å². The van der Waals surface area contributed by atoms with Crippen LogP contribution in [0.25, 0.3) is 22.2 Å². The Bertz CT molecular complexity index is 934. The van der Waals surface area contributed by atoms with Crippen LogP contribution >= 0.6 is 23.2 Å². The topological polar surface area (TPSA) is 15.8 Å². The first-order valence-electron chi connectivity index (χ1n) is 7.26. The van der Waals surface area contributed by atoms with E-state index in [1.54, 1.807) is 30.3 Å². The molecule has 0 radical (unpaired) electrons. The molecule has 0 aliphatic heterocycles. The van der Waals surface area contributed by atoms with Crippen LogP contribution in [0.4, 0.5) is 30.7 Å². The summed E-state index contributed by atoms with van der Waals surface area (Å²) >= 11 is 11.8. The number of H-pyrrole nitrogens is 1. The third-order valence-electron chi connectivity index (χ3n) is 4.02. The second-order valence-electron chi connectivity index (χ2n) is 5.74. The largest absolute Gasteiger partial charge is 0.435 e. The van der Waals surface area contributed by atoms with Gasteiger partial charge in [0.2, 0.25) is 0 Å². The molecule has 1 heterocycles. The number of benzene rings is 2. The zero-order chi connectivity index (χ0) is 20.2. The van der Waals surface area contributed by atoms with E-state index in [9.17, 15) is 30.7 Å². The molecule has 144 valence electrons. The van der Waals surface area contributed by atoms with Gasteiger partial charge in [-0.2, -0.15) is 26.3 Å². The molecule has 0 bridgehead atoms. The molecule has 1 nitrogen and oxygen atoms in total. The standard InChI is InChI=1S/C17H8Cl2F7N/c18-10-6-9(15(20,16(21,22)23)17(24,25)26)7-11(19)14(10)13-5-8-3-1-2-4-12(8)27-13/h1-7,27H. The van der Waals surface area contributed by atoms with Gasteiger partial charge in [-0.1, -0.05) is 41.4 Å². The number of halogens is 9. The Morgan fingerprint density at radius 2 is 1.26 bits per heavy atom. The summed E-state index contributed by atoms with van der Waals surface area (Å²) in [4.78, 5) is 2.91. The van der Waals surface area contributed by atoms with E-state index in [0.717, 1.165) is 0 Å². The van der Waals surface area contributed by atoms with Gasteiger partial charge in [0.25, 0.3) is 0 Å². The number of aromatic amines is 1. The Morgan fingerprint density at radius 3 is 1.74 bits per heavy atom. The van der Waals surface area contributed by atoms with Crippen molar-refractivity contribution in [3.63, 3.8) is 0 Å². The number of fused-ring (bicyclic) bond motifs is 1. The fourth-order valence-electron chi connectivity index (χ4n) is 2.73. The second kappa shape index (κ2) is 6.31. The normalized spacial score (nSPS) is 13.4. The van der Waals surface area contributed by atoms with Gasteiger partial charge in [-0.25, -0.2) is 4.39 Å². The van der Waals surface area contributed by atoms with Crippen molar-refractivity contribution in [2.45, 2.75) is 18.0 Å². The highest BCUT2D eigenvalue weighted by Gasteiger charge is 2.73. The van der Waals surface area contributed by atoms with Crippen molar-refractivity contribution >= 4 is 34.1 Å². The van der Waals surface area contributed by atoms with E-state index in [4.69, 9.17) is 23.2 Å². The summed E-state index contributed by atoms with van der Waals surface area (Å²) in [6.07, 6.45) is -12.5. The van der Waals surface area contributed by atoms with E-state index in [0.29, 0.717) is 10.9 Å². The van der Waals surface area contributed by atoms with Crippen LogP contribution in [-0.2, 0) is 5.67 Å². The molecule has 0 fully saturated rings. The number of hydrogen-bond donors (Lipinski definition) is 1. The van der Waals surface area contributed by atoms with Gasteiger partial charge in [-0.3, -0.25) is 0 Å². The second-order valence-corrected chi connectivity index (χ2v) is 6.55.